The lowest BCUT2D eigenvalue weighted by atomic mass is 10.0. The second-order valence-corrected chi connectivity index (χ2v) is 3.50. The van der Waals surface area contributed by atoms with Crippen molar-refractivity contribution in [3.8, 4) is 0 Å². The molecule has 0 rings (SSSR count). The predicted octanol–water partition coefficient (Wildman–Crippen LogP) is 0.420. The van der Waals surface area contributed by atoms with Crippen LogP contribution in [0.15, 0.2) is 0 Å². The molecule has 0 unspecified atom stereocenters. The Labute approximate surface area is 93.9 Å². The number of nitrogens with zero attached hydrogens (tertiary/aromatic N) is 1. The summed E-state index contributed by atoms with van der Waals surface area (Å²) >= 11 is 0. The molecule has 0 saturated heterocycles. The van der Waals surface area contributed by atoms with Crippen molar-refractivity contribution in [2.45, 2.75) is 26.7 Å². The summed E-state index contributed by atoms with van der Waals surface area (Å²) in [5.41, 5.74) is 0. The van der Waals surface area contributed by atoms with Crippen LogP contribution in [0.3, 0.4) is 0 Å². The fourth-order valence-corrected chi connectivity index (χ4v) is 1.43. The topological polar surface area (TPSA) is 94.9 Å². The minimum atomic E-state index is -1.21. The molecule has 6 nitrogen and oxygen atoms in total. The van der Waals surface area contributed by atoms with Crippen molar-refractivity contribution in [3.63, 3.8) is 0 Å². The molecule has 0 aliphatic carbocycles. The van der Waals surface area contributed by atoms with Gasteiger partial charge in [0, 0.05) is 5.92 Å². The van der Waals surface area contributed by atoms with Gasteiger partial charge in [-0.05, 0) is 12.8 Å². The maximum atomic E-state index is 11.8. The third-order valence-electron chi connectivity index (χ3n) is 2.30. The Balaban J connectivity index is 4.66. The molecule has 0 aromatic rings. The van der Waals surface area contributed by atoms with Gasteiger partial charge >= 0.3 is 11.9 Å². The van der Waals surface area contributed by atoms with Crippen LogP contribution in [0.25, 0.3) is 0 Å². The molecule has 0 spiro atoms. The van der Waals surface area contributed by atoms with Gasteiger partial charge in [-0.1, -0.05) is 13.8 Å². The van der Waals surface area contributed by atoms with Gasteiger partial charge in [0.15, 0.2) is 0 Å². The monoisotopic (exact) mass is 231 g/mol. The molecule has 6 heteroatoms. The van der Waals surface area contributed by atoms with E-state index < -0.39 is 30.9 Å². The van der Waals surface area contributed by atoms with Gasteiger partial charge in [-0.25, -0.2) is 0 Å². The minimum absolute atomic E-state index is 0.307. The molecule has 0 aliphatic heterocycles. The highest BCUT2D eigenvalue weighted by Crippen LogP contribution is 2.11. The van der Waals surface area contributed by atoms with Crippen molar-refractivity contribution in [1.82, 2.24) is 4.90 Å². The van der Waals surface area contributed by atoms with E-state index in [9.17, 15) is 14.4 Å². The summed E-state index contributed by atoms with van der Waals surface area (Å²) < 4.78 is 0. The summed E-state index contributed by atoms with van der Waals surface area (Å²) in [4.78, 5) is 33.7. The van der Waals surface area contributed by atoms with Gasteiger partial charge < -0.3 is 15.1 Å². The number of amides is 1. The van der Waals surface area contributed by atoms with Crippen molar-refractivity contribution in [2.24, 2.45) is 5.92 Å². The molecule has 0 aromatic carbocycles. The first-order valence-corrected chi connectivity index (χ1v) is 5.14. The van der Waals surface area contributed by atoms with Gasteiger partial charge in [-0.15, -0.1) is 0 Å². The molecule has 0 aromatic heterocycles. The van der Waals surface area contributed by atoms with Gasteiger partial charge in [0.1, 0.15) is 13.1 Å². The number of hydrogen-bond acceptors (Lipinski definition) is 3. The van der Waals surface area contributed by atoms with Gasteiger partial charge in [-0.3, -0.25) is 14.4 Å². The largest absolute Gasteiger partial charge is 0.480 e. The number of aliphatic carboxylic acids is 2. The molecule has 0 bridgehead atoms. The van der Waals surface area contributed by atoms with Crippen LogP contribution in [0.2, 0.25) is 0 Å². The number of hydrogen-bond donors (Lipinski definition) is 2. The Hall–Kier alpha value is -1.59. The third-order valence-corrected chi connectivity index (χ3v) is 2.30. The van der Waals surface area contributed by atoms with Crippen LogP contribution in [-0.2, 0) is 14.4 Å². The van der Waals surface area contributed by atoms with E-state index >= 15 is 0 Å². The van der Waals surface area contributed by atoms with Crippen LogP contribution in [-0.4, -0.2) is 46.0 Å². The van der Waals surface area contributed by atoms with E-state index in [0.29, 0.717) is 12.8 Å². The number of carboxylic acid groups (broad SMARTS) is 2. The average molecular weight is 231 g/mol. The molecular formula is C10H17NO5. The molecule has 0 aliphatic rings. The molecule has 1 amide bonds. The number of carboxylic acids is 2. The zero-order valence-electron chi connectivity index (χ0n) is 9.47. The Morgan fingerprint density at radius 3 is 1.62 bits per heavy atom. The maximum Gasteiger partial charge on any atom is 0.323 e. The van der Waals surface area contributed by atoms with E-state index in [0.717, 1.165) is 4.90 Å². The quantitative estimate of drug-likeness (QED) is 0.662. The Bertz CT molecular complexity index is 256. The third kappa shape index (κ3) is 4.77. The first kappa shape index (κ1) is 14.4. The second kappa shape index (κ2) is 6.81. The zero-order valence-corrected chi connectivity index (χ0v) is 9.47. The van der Waals surface area contributed by atoms with Crippen LogP contribution < -0.4 is 0 Å². The molecule has 0 heterocycles. The van der Waals surface area contributed by atoms with E-state index in [4.69, 9.17) is 10.2 Å². The fraction of sp³-hybridized carbons (Fsp3) is 0.700. The summed E-state index contributed by atoms with van der Waals surface area (Å²) in [6.07, 6.45) is 1.15. The number of carbonyl (C=O) groups excluding carboxylic acids is 1. The zero-order chi connectivity index (χ0) is 12.7. The maximum absolute atomic E-state index is 11.8. The van der Waals surface area contributed by atoms with E-state index in [1.807, 2.05) is 13.8 Å². The van der Waals surface area contributed by atoms with E-state index in [2.05, 4.69) is 0 Å². The molecule has 16 heavy (non-hydrogen) atoms. The Morgan fingerprint density at radius 1 is 1.00 bits per heavy atom. The van der Waals surface area contributed by atoms with E-state index in [1.165, 1.54) is 0 Å². The summed E-state index contributed by atoms with van der Waals surface area (Å²) in [6, 6.07) is 0. The van der Waals surface area contributed by atoms with Crippen LogP contribution in [0.5, 0.6) is 0 Å². The highest BCUT2D eigenvalue weighted by molar-refractivity contribution is 5.86. The van der Waals surface area contributed by atoms with Crippen molar-refractivity contribution in [1.29, 1.82) is 0 Å². The van der Waals surface area contributed by atoms with Crippen molar-refractivity contribution >= 4 is 17.8 Å². The summed E-state index contributed by atoms with van der Waals surface area (Å²) in [5, 5.41) is 17.2. The van der Waals surface area contributed by atoms with Crippen LogP contribution in [0.1, 0.15) is 26.7 Å². The lowest BCUT2D eigenvalue weighted by molar-refractivity contribution is -0.151. The summed E-state index contributed by atoms with van der Waals surface area (Å²) in [5.74, 6) is -3.13. The SMILES string of the molecule is CCC(CC)C(=O)N(CC(=O)O)CC(=O)O. The second-order valence-electron chi connectivity index (χ2n) is 3.50. The molecule has 0 saturated carbocycles. The summed E-state index contributed by atoms with van der Waals surface area (Å²) in [7, 11) is 0. The number of carbonyl (C=O) groups is 3. The van der Waals surface area contributed by atoms with Gasteiger partial charge in [0.05, 0.1) is 0 Å². The van der Waals surface area contributed by atoms with E-state index in [-0.39, 0.29) is 5.92 Å². The number of rotatable bonds is 7. The molecule has 0 fully saturated rings. The Morgan fingerprint density at radius 2 is 1.38 bits per heavy atom. The average Bonchev–Trinajstić information content (AvgIpc) is 2.17. The Kier molecular flexibility index (Phi) is 6.14. The van der Waals surface area contributed by atoms with Gasteiger partial charge in [0.25, 0.3) is 0 Å². The molecule has 2 N–H and O–H groups in total. The molecule has 92 valence electrons. The smallest absolute Gasteiger partial charge is 0.323 e. The molecule has 0 atom stereocenters. The van der Waals surface area contributed by atoms with Crippen LogP contribution in [0, 0.1) is 5.92 Å². The van der Waals surface area contributed by atoms with Crippen LogP contribution >= 0.6 is 0 Å². The summed E-state index contributed by atoms with van der Waals surface area (Å²) in [6.45, 7) is 2.49. The first-order chi connectivity index (χ1) is 7.42. The molecule has 0 radical (unpaired) electrons. The van der Waals surface area contributed by atoms with Gasteiger partial charge in [0.2, 0.25) is 5.91 Å². The van der Waals surface area contributed by atoms with Crippen molar-refractivity contribution in [3.05, 3.63) is 0 Å². The van der Waals surface area contributed by atoms with E-state index in [1.54, 1.807) is 0 Å². The minimum Gasteiger partial charge on any atom is -0.480 e. The van der Waals surface area contributed by atoms with Gasteiger partial charge in [-0.2, -0.15) is 0 Å². The van der Waals surface area contributed by atoms with Crippen molar-refractivity contribution in [2.75, 3.05) is 13.1 Å². The standard InChI is InChI=1S/C10H17NO5/c1-3-7(4-2)10(16)11(5-8(12)13)6-9(14)15/h7H,3-6H2,1-2H3,(H,12,13)(H,14,15). The normalized spacial score (nSPS) is 10.2. The lowest BCUT2D eigenvalue weighted by Gasteiger charge is -2.23. The highest BCUT2D eigenvalue weighted by Gasteiger charge is 2.24. The van der Waals surface area contributed by atoms with Crippen LogP contribution in [0.4, 0.5) is 0 Å². The van der Waals surface area contributed by atoms with Crippen molar-refractivity contribution < 1.29 is 24.6 Å². The highest BCUT2D eigenvalue weighted by atomic mass is 16.4. The lowest BCUT2D eigenvalue weighted by Crippen LogP contribution is -2.42. The first-order valence-electron chi connectivity index (χ1n) is 5.14. The predicted molar refractivity (Wildman–Crippen MR) is 55.9 cm³/mol. The fourth-order valence-electron chi connectivity index (χ4n) is 1.43. The molecular weight excluding hydrogens is 214 g/mol.